The Balaban J connectivity index is 2.63. The Labute approximate surface area is 112 Å². The molecule has 0 fully saturated rings. The molecule has 0 heterocycles. The molecule has 0 radical (unpaired) electrons. The molecule has 0 aliphatic rings. The van der Waals surface area contributed by atoms with Gasteiger partial charge in [-0.25, -0.2) is 0 Å². The van der Waals surface area contributed by atoms with Crippen molar-refractivity contribution < 1.29 is 4.57 Å². The van der Waals surface area contributed by atoms with E-state index in [1.54, 1.807) is 6.07 Å². The van der Waals surface area contributed by atoms with Gasteiger partial charge in [0.1, 0.15) is 0 Å². The van der Waals surface area contributed by atoms with Gasteiger partial charge >= 0.3 is 5.05 Å². The summed E-state index contributed by atoms with van der Waals surface area (Å²) in [4.78, 5) is 0.733. The van der Waals surface area contributed by atoms with Gasteiger partial charge in [0, 0.05) is 9.92 Å². The van der Waals surface area contributed by atoms with Crippen LogP contribution in [-0.2, 0) is 4.57 Å². The highest BCUT2D eigenvalue weighted by Gasteiger charge is 2.18. The van der Waals surface area contributed by atoms with E-state index in [4.69, 9.17) is 34.1 Å². The highest BCUT2D eigenvalue weighted by molar-refractivity contribution is 8.72. The summed E-state index contributed by atoms with van der Waals surface area (Å²) in [5.41, 5.74) is 0. The van der Waals surface area contributed by atoms with Gasteiger partial charge in [-0.3, -0.25) is 4.57 Å². The number of benzene rings is 2. The van der Waals surface area contributed by atoms with Crippen molar-refractivity contribution in [2.75, 3.05) is 0 Å². The van der Waals surface area contributed by atoms with Gasteiger partial charge in [0.05, 0.1) is 0 Å². The molecule has 0 saturated carbocycles. The zero-order chi connectivity index (χ0) is 11.8. The first-order valence-electron chi connectivity index (χ1n) is 4.33. The van der Waals surface area contributed by atoms with Crippen molar-refractivity contribution in [1.82, 2.24) is 0 Å². The Bertz CT molecular complexity index is 581. The van der Waals surface area contributed by atoms with Crippen molar-refractivity contribution in [3.63, 3.8) is 0 Å². The van der Waals surface area contributed by atoms with Gasteiger partial charge in [0.2, 0.25) is 0 Å². The quantitative estimate of drug-likeness (QED) is 0.617. The van der Waals surface area contributed by atoms with E-state index >= 15 is 0 Å². The third-order valence-corrected chi connectivity index (χ3v) is 5.43. The SMILES string of the molecule is O=P(Cl)(Cl)Sc1cc(Cl)cc2ccccc12. The minimum absolute atomic E-state index is 0.572. The van der Waals surface area contributed by atoms with Crippen LogP contribution < -0.4 is 0 Å². The number of fused-ring (bicyclic) bond motifs is 1. The Morgan fingerprint density at radius 1 is 1.12 bits per heavy atom. The molecule has 16 heavy (non-hydrogen) atoms. The van der Waals surface area contributed by atoms with Gasteiger partial charge in [-0.2, -0.15) is 0 Å². The molecule has 1 nitrogen and oxygen atoms in total. The third kappa shape index (κ3) is 3.09. The third-order valence-electron chi connectivity index (χ3n) is 1.99. The first kappa shape index (κ1) is 12.6. The molecular formula is C10H6Cl3OPS. The topological polar surface area (TPSA) is 17.1 Å². The Hall–Kier alpha value is 0.150. The van der Waals surface area contributed by atoms with Crippen molar-refractivity contribution in [3.8, 4) is 0 Å². The second kappa shape index (κ2) is 4.80. The molecular weight excluding hydrogens is 306 g/mol. The van der Waals surface area contributed by atoms with Crippen LogP contribution in [0.25, 0.3) is 10.8 Å². The molecule has 84 valence electrons. The molecule has 0 aliphatic carbocycles. The minimum Gasteiger partial charge on any atom is -0.277 e. The predicted molar refractivity (Wildman–Crippen MR) is 74.1 cm³/mol. The molecule has 0 atom stereocenters. The maximum Gasteiger partial charge on any atom is 0.311 e. The van der Waals surface area contributed by atoms with Crippen LogP contribution in [0.5, 0.6) is 0 Å². The maximum atomic E-state index is 11.4. The minimum atomic E-state index is -3.21. The Morgan fingerprint density at radius 3 is 2.50 bits per heavy atom. The summed E-state index contributed by atoms with van der Waals surface area (Å²) in [6.07, 6.45) is 0. The molecule has 0 unspecified atom stereocenters. The standard InChI is InChI=1S/C10H6Cl3OPS/c11-8-5-7-3-1-2-4-9(7)10(6-8)16-15(12,13)14/h1-6H. The summed E-state index contributed by atoms with van der Waals surface area (Å²) in [6.45, 7) is 0. The predicted octanol–water partition coefficient (Wildman–Crippen LogP) is 6.17. The lowest BCUT2D eigenvalue weighted by molar-refractivity contribution is 0.600. The summed E-state index contributed by atoms with van der Waals surface area (Å²) >= 11 is 18.0. The van der Waals surface area contributed by atoms with E-state index in [-0.39, 0.29) is 0 Å². The van der Waals surface area contributed by atoms with Crippen LogP contribution in [0.3, 0.4) is 0 Å². The van der Waals surface area contributed by atoms with Crippen LogP contribution in [0.1, 0.15) is 0 Å². The van der Waals surface area contributed by atoms with Crippen LogP contribution in [0.2, 0.25) is 5.02 Å². The second-order valence-corrected chi connectivity index (χ2v) is 11.7. The zero-order valence-corrected chi connectivity index (χ0v) is 11.8. The maximum absolute atomic E-state index is 11.4. The largest absolute Gasteiger partial charge is 0.311 e. The highest BCUT2D eigenvalue weighted by atomic mass is 35.9. The van der Waals surface area contributed by atoms with Crippen molar-refractivity contribution in [2.45, 2.75) is 4.90 Å². The lowest BCUT2D eigenvalue weighted by atomic mass is 10.1. The van der Waals surface area contributed by atoms with Crippen LogP contribution >= 0.6 is 50.5 Å². The lowest BCUT2D eigenvalue weighted by Crippen LogP contribution is -1.77. The van der Waals surface area contributed by atoms with Crippen LogP contribution in [0.15, 0.2) is 41.3 Å². The van der Waals surface area contributed by atoms with Crippen molar-refractivity contribution in [3.05, 3.63) is 41.4 Å². The molecule has 0 N–H and O–H groups in total. The number of hydrogen-bond acceptors (Lipinski definition) is 2. The van der Waals surface area contributed by atoms with Crippen molar-refractivity contribution in [2.24, 2.45) is 0 Å². The van der Waals surface area contributed by atoms with E-state index in [2.05, 4.69) is 0 Å². The smallest absolute Gasteiger partial charge is 0.277 e. The molecule has 0 amide bonds. The molecule has 2 aromatic carbocycles. The van der Waals surface area contributed by atoms with Gasteiger partial charge in [-0.15, -0.1) is 0 Å². The first-order chi connectivity index (χ1) is 7.46. The second-order valence-electron chi connectivity index (χ2n) is 3.13. The summed E-state index contributed by atoms with van der Waals surface area (Å²) in [5.74, 6) is 0. The number of hydrogen-bond donors (Lipinski definition) is 0. The average molecular weight is 312 g/mol. The Morgan fingerprint density at radius 2 is 1.81 bits per heavy atom. The van der Waals surface area contributed by atoms with E-state index in [1.807, 2.05) is 30.3 Å². The van der Waals surface area contributed by atoms with Gasteiger partial charge in [-0.1, -0.05) is 35.9 Å². The normalized spacial score (nSPS) is 11.9. The molecule has 6 heteroatoms. The summed E-state index contributed by atoms with van der Waals surface area (Å²) in [7, 11) is 0. The van der Waals surface area contributed by atoms with E-state index in [0.29, 0.717) is 5.02 Å². The highest BCUT2D eigenvalue weighted by Crippen LogP contribution is 2.71. The van der Waals surface area contributed by atoms with Gasteiger partial charge in [0.15, 0.2) is 0 Å². The van der Waals surface area contributed by atoms with E-state index in [1.165, 1.54) is 0 Å². The molecule has 2 rings (SSSR count). The molecule has 0 bridgehead atoms. The summed E-state index contributed by atoms with van der Waals surface area (Å²) < 4.78 is 11.4. The van der Waals surface area contributed by atoms with Crippen LogP contribution in [-0.4, -0.2) is 0 Å². The van der Waals surface area contributed by atoms with Gasteiger partial charge < -0.3 is 0 Å². The van der Waals surface area contributed by atoms with Gasteiger partial charge in [0.25, 0.3) is 0 Å². The van der Waals surface area contributed by atoms with Gasteiger partial charge in [-0.05, 0) is 56.8 Å². The van der Waals surface area contributed by atoms with E-state index in [0.717, 1.165) is 27.0 Å². The molecule has 0 spiro atoms. The zero-order valence-electron chi connectivity index (χ0n) is 7.86. The van der Waals surface area contributed by atoms with Crippen molar-refractivity contribution in [1.29, 1.82) is 0 Å². The average Bonchev–Trinajstić information content (AvgIpc) is 2.14. The lowest BCUT2D eigenvalue weighted by Gasteiger charge is -2.07. The molecule has 0 aliphatic heterocycles. The van der Waals surface area contributed by atoms with E-state index in [9.17, 15) is 4.57 Å². The molecule has 2 aromatic rings. The molecule has 0 aromatic heterocycles. The summed E-state index contributed by atoms with van der Waals surface area (Å²) in [6, 6.07) is 11.2. The van der Waals surface area contributed by atoms with Crippen LogP contribution in [0, 0.1) is 0 Å². The van der Waals surface area contributed by atoms with Crippen molar-refractivity contribution >= 4 is 61.3 Å². The fourth-order valence-corrected chi connectivity index (χ4v) is 4.89. The summed E-state index contributed by atoms with van der Waals surface area (Å²) in [5, 5.41) is -0.723. The van der Waals surface area contributed by atoms with Crippen LogP contribution in [0.4, 0.5) is 0 Å². The fourth-order valence-electron chi connectivity index (χ4n) is 1.43. The monoisotopic (exact) mass is 310 g/mol. The molecule has 0 saturated heterocycles. The Kier molecular flexibility index (Phi) is 3.78. The number of halogens is 3. The fraction of sp³-hybridized carbons (Fsp3) is 0. The number of rotatable bonds is 2. The van der Waals surface area contributed by atoms with E-state index < -0.39 is 5.05 Å². The first-order valence-corrected chi connectivity index (χ1v) is 9.64.